The Kier molecular flexibility index (Phi) is 5.94. The predicted octanol–water partition coefficient (Wildman–Crippen LogP) is 4.67. The Morgan fingerprint density at radius 2 is 2.00 bits per heavy atom. The molecule has 1 amide bonds. The first-order valence-electron chi connectivity index (χ1n) is 9.23. The Morgan fingerprint density at radius 3 is 2.70 bits per heavy atom. The number of amides is 1. The van der Waals surface area contributed by atoms with Gasteiger partial charge < -0.3 is 10.1 Å². The summed E-state index contributed by atoms with van der Waals surface area (Å²) in [7, 11) is -3.76. The standard InChI is InChI=1S/C20H18ClN3O4S2/c21-17-9-10-18(29-17)30(26,27)24-14-6-2-7-15(12-14)28-20-16(8-3-11-22-20)19(25)23-13-4-1-5-13/h2-3,6-13,24H,1,4-5H2,(H,23,25). The number of carbonyl (C=O) groups excluding carboxylic acids is 1. The number of thiophene rings is 1. The van der Waals surface area contributed by atoms with E-state index in [0.29, 0.717) is 21.3 Å². The van der Waals surface area contributed by atoms with Gasteiger partial charge in [0.05, 0.1) is 10.0 Å². The third-order valence-electron chi connectivity index (χ3n) is 4.57. The molecule has 0 spiro atoms. The zero-order valence-corrected chi connectivity index (χ0v) is 18.1. The molecule has 30 heavy (non-hydrogen) atoms. The maximum atomic E-state index is 12.5. The van der Waals surface area contributed by atoms with Gasteiger partial charge in [0.25, 0.3) is 15.9 Å². The molecule has 0 saturated heterocycles. The molecular formula is C20H18ClN3O4S2. The van der Waals surface area contributed by atoms with E-state index in [-0.39, 0.29) is 22.0 Å². The van der Waals surface area contributed by atoms with E-state index in [1.165, 1.54) is 24.4 Å². The van der Waals surface area contributed by atoms with Crippen molar-refractivity contribution < 1.29 is 17.9 Å². The zero-order valence-electron chi connectivity index (χ0n) is 15.7. The number of rotatable bonds is 7. The van der Waals surface area contributed by atoms with Crippen molar-refractivity contribution in [1.82, 2.24) is 10.3 Å². The van der Waals surface area contributed by atoms with Gasteiger partial charge in [0.2, 0.25) is 5.88 Å². The lowest BCUT2D eigenvalue weighted by Crippen LogP contribution is -2.39. The van der Waals surface area contributed by atoms with Gasteiger partial charge in [-0.15, -0.1) is 11.3 Å². The van der Waals surface area contributed by atoms with Crippen LogP contribution in [0.4, 0.5) is 5.69 Å². The number of benzene rings is 1. The van der Waals surface area contributed by atoms with Crippen molar-refractivity contribution in [2.45, 2.75) is 29.5 Å². The lowest BCUT2D eigenvalue weighted by molar-refractivity contribution is 0.0914. The second kappa shape index (κ2) is 8.63. The molecule has 1 saturated carbocycles. The van der Waals surface area contributed by atoms with E-state index in [4.69, 9.17) is 16.3 Å². The summed E-state index contributed by atoms with van der Waals surface area (Å²) in [4.78, 5) is 16.7. The molecule has 1 aliphatic rings. The molecule has 156 valence electrons. The minimum absolute atomic E-state index is 0.110. The van der Waals surface area contributed by atoms with Crippen LogP contribution in [0, 0.1) is 0 Å². The van der Waals surface area contributed by atoms with Gasteiger partial charge >= 0.3 is 0 Å². The largest absolute Gasteiger partial charge is 0.438 e. The van der Waals surface area contributed by atoms with Gasteiger partial charge in [-0.25, -0.2) is 13.4 Å². The molecule has 2 aromatic heterocycles. The molecule has 10 heteroatoms. The molecule has 7 nitrogen and oxygen atoms in total. The fourth-order valence-corrected chi connectivity index (χ4v) is 5.38. The fourth-order valence-electron chi connectivity index (χ4n) is 2.84. The molecule has 1 aromatic carbocycles. The summed E-state index contributed by atoms with van der Waals surface area (Å²) in [6.45, 7) is 0. The third kappa shape index (κ3) is 4.75. The second-order valence-electron chi connectivity index (χ2n) is 6.75. The van der Waals surface area contributed by atoms with Crippen LogP contribution in [-0.2, 0) is 10.0 Å². The molecular weight excluding hydrogens is 446 g/mol. The third-order valence-corrected chi connectivity index (χ3v) is 7.67. The summed E-state index contributed by atoms with van der Waals surface area (Å²) in [5, 5.41) is 2.96. The Bertz CT molecular complexity index is 1180. The van der Waals surface area contributed by atoms with Crippen molar-refractivity contribution in [3.05, 3.63) is 64.6 Å². The lowest BCUT2D eigenvalue weighted by Gasteiger charge is -2.26. The predicted molar refractivity (Wildman–Crippen MR) is 116 cm³/mol. The van der Waals surface area contributed by atoms with Crippen LogP contribution in [0.3, 0.4) is 0 Å². The Labute approximate surface area is 183 Å². The summed E-state index contributed by atoms with van der Waals surface area (Å²) in [6, 6.07) is 12.9. The number of ether oxygens (including phenoxy) is 1. The summed E-state index contributed by atoms with van der Waals surface area (Å²) in [5.74, 6) is 0.254. The Hall–Kier alpha value is -2.62. The molecule has 3 aromatic rings. The van der Waals surface area contributed by atoms with Crippen LogP contribution in [0.25, 0.3) is 0 Å². The number of pyridine rings is 1. The molecule has 1 fully saturated rings. The number of nitrogens with zero attached hydrogens (tertiary/aromatic N) is 1. The van der Waals surface area contributed by atoms with E-state index in [9.17, 15) is 13.2 Å². The lowest BCUT2D eigenvalue weighted by atomic mass is 9.93. The minimum atomic E-state index is -3.76. The highest BCUT2D eigenvalue weighted by atomic mass is 35.5. The maximum absolute atomic E-state index is 12.5. The van der Waals surface area contributed by atoms with Crippen molar-refractivity contribution in [1.29, 1.82) is 0 Å². The number of sulfonamides is 1. The number of hydrogen-bond donors (Lipinski definition) is 2. The first-order valence-corrected chi connectivity index (χ1v) is 11.9. The Balaban J connectivity index is 1.52. The van der Waals surface area contributed by atoms with E-state index < -0.39 is 10.0 Å². The average molecular weight is 464 g/mol. The number of halogens is 1. The number of carbonyl (C=O) groups is 1. The Morgan fingerprint density at radius 1 is 1.17 bits per heavy atom. The van der Waals surface area contributed by atoms with Crippen LogP contribution in [0.15, 0.2) is 58.9 Å². The SMILES string of the molecule is O=C(NC1CCC1)c1cccnc1Oc1cccc(NS(=O)(=O)c2ccc(Cl)s2)c1. The van der Waals surface area contributed by atoms with E-state index in [1.807, 2.05) is 0 Å². The maximum Gasteiger partial charge on any atom is 0.271 e. The molecule has 0 bridgehead atoms. The van der Waals surface area contributed by atoms with Crippen molar-refractivity contribution in [2.75, 3.05) is 4.72 Å². The highest BCUT2D eigenvalue weighted by Gasteiger charge is 2.23. The van der Waals surface area contributed by atoms with Crippen LogP contribution >= 0.6 is 22.9 Å². The summed E-state index contributed by atoms with van der Waals surface area (Å²) >= 11 is 6.80. The monoisotopic (exact) mass is 463 g/mol. The summed E-state index contributed by atoms with van der Waals surface area (Å²) in [6.07, 6.45) is 4.59. The van der Waals surface area contributed by atoms with E-state index in [1.54, 1.807) is 30.3 Å². The van der Waals surface area contributed by atoms with Gasteiger partial charge in [-0.1, -0.05) is 17.7 Å². The molecule has 2 N–H and O–H groups in total. The number of anilines is 1. The fraction of sp³-hybridized carbons (Fsp3) is 0.200. The van der Waals surface area contributed by atoms with Crippen molar-refractivity contribution in [3.63, 3.8) is 0 Å². The highest BCUT2D eigenvalue weighted by Crippen LogP contribution is 2.30. The van der Waals surface area contributed by atoms with Crippen LogP contribution in [0.2, 0.25) is 4.34 Å². The van der Waals surface area contributed by atoms with Crippen LogP contribution < -0.4 is 14.8 Å². The molecule has 0 atom stereocenters. The minimum Gasteiger partial charge on any atom is -0.438 e. The van der Waals surface area contributed by atoms with Gasteiger partial charge in [-0.05, 0) is 55.7 Å². The van der Waals surface area contributed by atoms with Crippen LogP contribution in [0.1, 0.15) is 29.6 Å². The second-order valence-corrected chi connectivity index (χ2v) is 10.4. The van der Waals surface area contributed by atoms with Gasteiger partial charge in [0.1, 0.15) is 15.5 Å². The van der Waals surface area contributed by atoms with Crippen LogP contribution in [0.5, 0.6) is 11.6 Å². The quantitative estimate of drug-likeness (QED) is 0.530. The molecule has 2 heterocycles. The van der Waals surface area contributed by atoms with Gasteiger partial charge in [-0.3, -0.25) is 9.52 Å². The number of aromatic nitrogens is 1. The van der Waals surface area contributed by atoms with Crippen molar-refractivity contribution in [2.24, 2.45) is 0 Å². The van der Waals surface area contributed by atoms with Gasteiger partial charge in [-0.2, -0.15) is 0 Å². The average Bonchev–Trinajstić information content (AvgIpc) is 3.12. The summed E-state index contributed by atoms with van der Waals surface area (Å²) in [5.41, 5.74) is 0.636. The molecule has 0 radical (unpaired) electrons. The molecule has 1 aliphatic carbocycles. The smallest absolute Gasteiger partial charge is 0.271 e. The zero-order chi connectivity index (χ0) is 21.1. The van der Waals surface area contributed by atoms with Crippen LogP contribution in [-0.4, -0.2) is 25.4 Å². The topological polar surface area (TPSA) is 97.4 Å². The van der Waals surface area contributed by atoms with E-state index in [2.05, 4.69) is 15.0 Å². The normalized spacial score (nSPS) is 14.0. The highest BCUT2D eigenvalue weighted by molar-refractivity contribution is 7.94. The van der Waals surface area contributed by atoms with E-state index >= 15 is 0 Å². The molecule has 0 aliphatic heterocycles. The first-order chi connectivity index (χ1) is 14.4. The van der Waals surface area contributed by atoms with E-state index in [0.717, 1.165) is 30.6 Å². The van der Waals surface area contributed by atoms with Crippen molar-refractivity contribution >= 4 is 44.6 Å². The molecule has 4 rings (SSSR count). The number of hydrogen-bond acceptors (Lipinski definition) is 6. The number of nitrogens with one attached hydrogen (secondary N) is 2. The first kappa shape index (κ1) is 20.6. The summed E-state index contributed by atoms with van der Waals surface area (Å²) < 4.78 is 33.8. The van der Waals surface area contributed by atoms with Gasteiger partial charge in [0.15, 0.2) is 0 Å². The molecule has 0 unspecified atom stereocenters. The van der Waals surface area contributed by atoms with Crippen molar-refractivity contribution in [3.8, 4) is 11.6 Å². The van der Waals surface area contributed by atoms with Gasteiger partial charge in [0, 0.05) is 18.3 Å².